The zero-order valence-corrected chi connectivity index (χ0v) is 20.9. The summed E-state index contributed by atoms with van der Waals surface area (Å²) < 4.78 is 74.0. The molecule has 35 heavy (non-hydrogen) atoms. The molecule has 10 heteroatoms. The van der Waals surface area contributed by atoms with Crippen LogP contribution in [0.15, 0.2) is 36.4 Å². The lowest BCUT2D eigenvalue weighted by atomic mass is 9.94. The molecule has 2 aromatic carbocycles. The highest BCUT2D eigenvalue weighted by Crippen LogP contribution is 2.37. The maximum Gasteiger partial charge on any atom is 0.283 e. The van der Waals surface area contributed by atoms with E-state index in [1.165, 1.54) is 37.3 Å². The molecule has 3 rings (SSSR count). The van der Waals surface area contributed by atoms with E-state index in [1.54, 1.807) is 26.8 Å². The molecule has 0 aromatic heterocycles. The number of amides is 1. The molecule has 1 aliphatic heterocycles. The second kappa shape index (κ2) is 10.4. The first kappa shape index (κ1) is 27.3. The zero-order chi connectivity index (χ0) is 26.1. The van der Waals surface area contributed by atoms with E-state index in [0.29, 0.717) is 11.1 Å². The van der Waals surface area contributed by atoms with Crippen LogP contribution in [0.25, 0.3) is 11.1 Å². The standard InChI is InChI=1S/C25H30F4N2O3S/c1-5-24(4,33)23(32)31-14-25(28,29)22(30-35(34)6-2)20(31)13-17-8-7-9-18(21(17)27)16-10-11-19(26)15(3)12-16/h7-12,20,22,30,33H,5-6,13-14H2,1-4H3/t20-,22+,24?,35?/m0/s1. The summed E-state index contributed by atoms with van der Waals surface area (Å²) in [4.78, 5) is 13.9. The quantitative estimate of drug-likeness (QED) is 0.521. The maximum absolute atomic E-state index is 15.6. The molecule has 2 aromatic rings. The van der Waals surface area contributed by atoms with Gasteiger partial charge in [-0.3, -0.25) is 4.79 Å². The molecule has 1 aliphatic rings. The fourth-order valence-electron chi connectivity index (χ4n) is 4.20. The third-order valence-corrected chi connectivity index (χ3v) is 7.57. The van der Waals surface area contributed by atoms with Gasteiger partial charge in [-0.15, -0.1) is 0 Å². The Hall–Kier alpha value is -2.30. The molecule has 1 saturated heterocycles. The van der Waals surface area contributed by atoms with Gasteiger partial charge in [0.25, 0.3) is 11.8 Å². The second-order valence-electron chi connectivity index (χ2n) is 9.07. The molecular weight excluding hydrogens is 484 g/mol. The van der Waals surface area contributed by atoms with Crippen LogP contribution >= 0.6 is 0 Å². The van der Waals surface area contributed by atoms with Crippen molar-refractivity contribution in [2.24, 2.45) is 0 Å². The van der Waals surface area contributed by atoms with E-state index in [4.69, 9.17) is 0 Å². The average Bonchev–Trinajstić information content (AvgIpc) is 3.05. The van der Waals surface area contributed by atoms with Gasteiger partial charge in [0.2, 0.25) is 0 Å². The lowest BCUT2D eigenvalue weighted by Crippen LogP contribution is -2.54. The number of hydrogen-bond acceptors (Lipinski definition) is 3. The first-order valence-corrected chi connectivity index (χ1v) is 12.7. The van der Waals surface area contributed by atoms with E-state index in [1.807, 2.05) is 0 Å². The number of carbonyl (C=O) groups excluding carboxylic acids is 1. The molecule has 192 valence electrons. The number of aryl methyl sites for hydroxylation is 1. The van der Waals surface area contributed by atoms with Gasteiger partial charge in [0.15, 0.2) is 0 Å². The SMILES string of the molecule is CCS(=O)N[C@@H]1[C@H](Cc2cccc(-c3ccc(F)c(C)c3)c2F)N(C(=O)C(C)(O)CC)CC1(F)F. The van der Waals surface area contributed by atoms with E-state index in [-0.39, 0.29) is 29.7 Å². The van der Waals surface area contributed by atoms with Gasteiger partial charge in [0.05, 0.1) is 23.6 Å². The van der Waals surface area contributed by atoms with Crippen LogP contribution < -0.4 is 4.72 Å². The molecule has 0 aliphatic carbocycles. The fourth-order valence-corrected chi connectivity index (χ4v) is 4.98. The first-order valence-electron chi connectivity index (χ1n) is 11.4. The van der Waals surface area contributed by atoms with E-state index >= 15 is 13.2 Å². The van der Waals surface area contributed by atoms with Crippen LogP contribution in [0, 0.1) is 18.6 Å². The number of nitrogens with zero attached hydrogens (tertiary/aromatic N) is 1. The molecule has 0 spiro atoms. The van der Waals surface area contributed by atoms with Crippen LogP contribution in [-0.4, -0.2) is 56.0 Å². The summed E-state index contributed by atoms with van der Waals surface area (Å²) in [7, 11) is -1.80. The Bertz CT molecular complexity index is 1130. The average molecular weight is 515 g/mol. The summed E-state index contributed by atoms with van der Waals surface area (Å²) in [5.41, 5.74) is -0.916. The maximum atomic E-state index is 15.6. The minimum absolute atomic E-state index is 0.00657. The molecule has 1 fully saturated rings. The van der Waals surface area contributed by atoms with Crippen LogP contribution in [-0.2, 0) is 22.2 Å². The Labute approximate surface area is 205 Å². The summed E-state index contributed by atoms with van der Waals surface area (Å²) in [6.07, 6.45) is -0.313. The normalized spacial score (nSPS) is 22.1. The van der Waals surface area contributed by atoms with Crippen LogP contribution in [0.5, 0.6) is 0 Å². The van der Waals surface area contributed by atoms with Gasteiger partial charge >= 0.3 is 0 Å². The van der Waals surface area contributed by atoms with Gasteiger partial charge in [-0.05, 0) is 55.5 Å². The predicted octanol–water partition coefficient (Wildman–Crippen LogP) is 4.13. The molecule has 2 unspecified atom stereocenters. The highest BCUT2D eigenvalue weighted by Gasteiger charge is 2.58. The summed E-state index contributed by atoms with van der Waals surface area (Å²) in [6, 6.07) is 5.65. The van der Waals surface area contributed by atoms with Gasteiger partial charge in [0.1, 0.15) is 23.3 Å². The van der Waals surface area contributed by atoms with Gasteiger partial charge in [-0.25, -0.2) is 26.5 Å². The smallest absolute Gasteiger partial charge is 0.283 e. The highest BCUT2D eigenvalue weighted by molar-refractivity contribution is 7.83. The van der Waals surface area contributed by atoms with Crippen molar-refractivity contribution in [1.29, 1.82) is 0 Å². The van der Waals surface area contributed by atoms with Gasteiger partial charge in [-0.1, -0.05) is 38.1 Å². The van der Waals surface area contributed by atoms with Crippen molar-refractivity contribution in [1.82, 2.24) is 9.62 Å². The number of benzene rings is 2. The molecule has 0 saturated carbocycles. The number of aliphatic hydroxyl groups is 1. The predicted molar refractivity (Wildman–Crippen MR) is 127 cm³/mol. The van der Waals surface area contributed by atoms with Gasteiger partial charge in [0, 0.05) is 11.3 Å². The van der Waals surface area contributed by atoms with Crippen LogP contribution in [0.4, 0.5) is 17.6 Å². The number of carbonyl (C=O) groups is 1. The van der Waals surface area contributed by atoms with E-state index < -0.39 is 58.7 Å². The number of alkyl halides is 2. The number of likely N-dealkylation sites (tertiary alicyclic amines) is 1. The molecule has 5 nitrogen and oxygen atoms in total. The minimum atomic E-state index is -3.46. The van der Waals surface area contributed by atoms with E-state index in [0.717, 1.165) is 4.90 Å². The Morgan fingerprint density at radius 1 is 1.26 bits per heavy atom. The third kappa shape index (κ3) is 5.59. The van der Waals surface area contributed by atoms with Crippen LogP contribution in [0.3, 0.4) is 0 Å². The third-order valence-electron chi connectivity index (χ3n) is 6.53. The lowest BCUT2D eigenvalue weighted by Gasteiger charge is -2.33. The summed E-state index contributed by atoms with van der Waals surface area (Å²) in [6.45, 7) is 4.91. The minimum Gasteiger partial charge on any atom is -0.380 e. The number of hydrogen-bond donors (Lipinski definition) is 2. The van der Waals surface area contributed by atoms with Crippen molar-refractivity contribution in [3.05, 3.63) is 59.2 Å². The monoisotopic (exact) mass is 514 g/mol. The number of rotatable bonds is 8. The molecule has 1 heterocycles. The van der Waals surface area contributed by atoms with E-state index in [2.05, 4.69) is 4.72 Å². The molecular formula is C25H30F4N2O3S. The molecule has 0 radical (unpaired) electrons. The summed E-state index contributed by atoms with van der Waals surface area (Å²) >= 11 is 0. The van der Waals surface area contributed by atoms with E-state index in [9.17, 15) is 18.5 Å². The summed E-state index contributed by atoms with van der Waals surface area (Å²) in [5.74, 6) is -5.42. The Balaban J connectivity index is 2.05. The van der Waals surface area contributed by atoms with Crippen molar-refractivity contribution >= 4 is 16.9 Å². The van der Waals surface area contributed by atoms with Crippen molar-refractivity contribution in [2.75, 3.05) is 12.3 Å². The Kier molecular flexibility index (Phi) is 8.08. The first-order chi connectivity index (χ1) is 16.3. The Morgan fingerprint density at radius 3 is 2.54 bits per heavy atom. The van der Waals surface area contributed by atoms with Crippen molar-refractivity contribution < 1.29 is 31.7 Å². The molecule has 0 bridgehead atoms. The molecule has 2 N–H and O–H groups in total. The molecule has 4 atom stereocenters. The second-order valence-corrected chi connectivity index (χ2v) is 10.6. The topological polar surface area (TPSA) is 69.6 Å². The lowest BCUT2D eigenvalue weighted by molar-refractivity contribution is -0.151. The van der Waals surface area contributed by atoms with Crippen LogP contribution in [0.2, 0.25) is 0 Å². The van der Waals surface area contributed by atoms with Crippen molar-refractivity contribution in [3.63, 3.8) is 0 Å². The van der Waals surface area contributed by atoms with Crippen LogP contribution in [0.1, 0.15) is 38.3 Å². The van der Waals surface area contributed by atoms with Crippen molar-refractivity contribution in [3.8, 4) is 11.1 Å². The highest BCUT2D eigenvalue weighted by atomic mass is 32.2. The van der Waals surface area contributed by atoms with Gasteiger partial charge < -0.3 is 10.0 Å². The largest absolute Gasteiger partial charge is 0.380 e. The number of halogens is 4. The van der Waals surface area contributed by atoms with Gasteiger partial charge in [-0.2, -0.15) is 0 Å². The summed E-state index contributed by atoms with van der Waals surface area (Å²) in [5, 5.41) is 10.5. The zero-order valence-electron chi connectivity index (χ0n) is 20.1. The molecule has 1 amide bonds. The Morgan fingerprint density at radius 2 is 1.94 bits per heavy atom. The van der Waals surface area contributed by atoms with Crippen molar-refractivity contribution in [2.45, 2.75) is 64.1 Å². The number of nitrogens with one attached hydrogen (secondary N) is 1. The fraction of sp³-hybridized carbons (Fsp3) is 0.480.